The number of anilines is 1. The van der Waals surface area contributed by atoms with E-state index in [0.717, 1.165) is 6.07 Å². The maximum absolute atomic E-state index is 12.8. The number of pyridine rings is 1. The Morgan fingerprint density at radius 2 is 1.97 bits per heavy atom. The van der Waals surface area contributed by atoms with Gasteiger partial charge in [-0.25, -0.2) is 10.4 Å². The van der Waals surface area contributed by atoms with Crippen molar-refractivity contribution in [2.75, 3.05) is 5.32 Å². The second-order valence-electron chi connectivity index (χ2n) is 7.45. The summed E-state index contributed by atoms with van der Waals surface area (Å²) in [7, 11) is 0. The van der Waals surface area contributed by atoms with Crippen molar-refractivity contribution in [1.82, 2.24) is 10.4 Å². The number of benzene rings is 1. The van der Waals surface area contributed by atoms with E-state index in [4.69, 9.17) is 27.6 Å². The van der Waals surface area contributed by atoms with Crippen LogP contribution in [0.3, 0.4) is 0 Å². The summed E-state index contributed by atoms with van der Waals surface area (Å²) < 4.78 is 5.82. The van der Waals surface area contributed by atoms with Crippen LogP contribution in [-0.2, 0) is 6.42 Å². The average molecular weight is 502 g/mol. The highest BCUT2D eigenvalue weighted by molar-refractivity contribution is 6.32. The number of carbonyl (C=O) groups excluding carboxylic acids is 2. The summed E-state index contributed by atoms with van der Waals surface area (Å²) in [6.07, 6.45) is 3.29. The normalized spacial score (nSPS) is 13.9. The van der Waals surface area contributed by atoms with Crippen molar-refractivity contribution in [3.05, 3.63) is 84.9 Å². The van der Waals surface area contributed by atoms with Gasteiger partial charge in [0, 0.05) is 35.4 Å². The van der Waals surface area contributed by atoms with Crippen molar-refractivity contribution in [1.29, 1.82) is 0 Å². The van der Waals surface area contributed by atoms with Gasteiger partial charge >= 0.3 is 0 Å². The zero-order valence-corrected chi connectivity index (χ0v) is 19.2. The number of aromatic nitrogens is 1. The molecule has 2 N–H and O–H groups in total. The zero-order chi connectivity index (χ0) is 24.4. The van der Waals surface area contributed by atoms with Crippen molar-refractivity contribution in [2.24, 2.45) is 5.10 Å². The lowest BCUT2D eigenvalue weighted by Crippen LogP contribution is -2.22. The van der Waals surface area contributed by atoms with Crippen LogP contribution in [0.25, 0.3) is 0 Å². The van der Waals surface area contributed by atoms with Crippen LogP contribution >= 0.6 is 23.2 Å². The first-order valence-corrected chi connectivity index (χ1v) is 10.9. The quantitative estimate of drug-likeness (QED) is 0.375. The lowest BCUT2D eigenvalue weighted by atomic mass is 9.93. The molecule has 0 spiro atoms. The van der Waals surface area contributed by atoms with Gasteiger partial charge in [-0.05, 0) is 44.0 Å². The monoisotopic (exact) mass is 501 g/mol. The third kappa shape index (κ3) is 4.78. The number of nitro benzene ring substituents is 1. The molecule has 1 aliphatic carbocycles. The Bertz CT molecular complexity index is 1330. The van der Waals surface area contributed by atoms with E-state index in [-0.39, 0.29) is 22.0 Å². The second kappa shape index (κ2) is 9.62. The molecule has 2 heterocycles. The minimum Gasteiger partial charge on any atom is -0.455 e. The molecule has 2 aromatic heterocycles. The molecule has 0 atom stereocenters. The first-order valence-electron chi connectivity index (χ1n) is 10.1. The molecule has 0 saturated heterocycles. The van der Waals surface area contributed by atoms with Crippen LogP contribution < -0.4 is 10.7 Å². The van der Waals surface area contributed by atoms with Crippen LogP contribution in [0.2, 0.25) is 10.0 Å². The summed E-state index contributed by atoms with van der Waals surface area (Å²) in [6.45, 7) is 1.73. The number of halogens is 2. The summed E-state index contributed by atoms with van der Waals surface area (Å²) in [5, 5.41) is 18.3. The lowest BCUT2D eigenvalue weighted by Gasteiger charge is -2.13. The van der Waals surface area contributed by atoms with E-state index < -0.39 is 16.7 Å². The summed E-state index contributed by atoms with van der Waals surface area (Å²) >= 11 is 11.6. The van der Waals surface area contributed by atoms with Gasteiger partial charge in [0.15, 0.2) is 5.76 Å². The Labute approximate surface area is 203 Å². The number of nitrogens with one attached hydrogen (secondary N) is 2. The van der Waals surface area contributed by atoms with Crippen LogP contribution in [0.1, 0.15) is 50.6 Å². The number of fused-ring (bicyclic) bond motifs is 1. The Balaban J connectivity index is 1.56. The minimum absolute atomic E-state index is 0.0379. The molecule has 0 unspecified atom stereocenters. The topological polar surface area (TPSA) is 140 Å². The van der Waals surface area contributed by atoms with Gasteiger partial charge in [-0.1, -0.05) is 23.2 Å². The number of aryl methyl sites for hydroxylation is 1. The summed E-state index contributed by atoms with van der Waals surface area (Å²) in [5.74, 6) is -0.0728. The van der Waals surface area contributed by atoms with Gasteiger partial charge in [-0.3, -0.25) is 19.7 Å². The number of carbonyl (C=O) groups is 2. The summed E-state index contributed by atoms with van der Waals surface area (Å²) in [5.41, 5.74) is 3.87. The fourth-order valence-electron chi connectivity index (χ4n) is 3.60. The molecule has 0 fully saturated rings. The SMILES string of the molecule is Cc1c(C(=O)Nc2ccc(Cl)cn2)oc2c1/C(=N/NC(=O)c1ccc(Cl)c([N+](=O)[O-])c1)CCC2. The van der Waals surface area contributed by atoms with Gasteiger partial charge in [-0.15, -0.1) is 0 Å². The fraction of sp³-hybridized carbons (Fsp3) is 0.182. The third-order valence-corrected chi connectivity index (χ3v) is 5.74. The largest absolute Gasteiger partial charge is 0.455 e. The van der Waals surface area contributed by atoms with Gasteiger partial charge in [-0.2, -0.15) is 5.10 Å². The van der Waals surface area contributed by atoms with E-state index >= 15 is 0 Å². The Kier molecular flexibility index (Phi) is 6.62. The Hall–Kier alpha value is -3.76. The van der Waals surface area contributed by atoms with Crippen molar-refractivity contribution >= 4 is 52.2 Å². The number of rotatable bonds is 5. The van der Waals surface area contributed by atoms with Gasteiger partial charge in [0.25, 0.3) is 17.5 Å². The molecule has 0 saturated carbocycles. The average Bonchev–Trinajstić information content (AvgIpc) is 3.16. The van der Waals surface area contributed by atoms with Crippen LogP contribution in [0.15, 0.2) is 46.0 Å². The predicted molar refractivity (Wildman–Crippen MR) is 126 cm³/mol. The molecule has 2 amide bonds. The number of nitro groups is 1. The molecule has 0 radical (unpaired) electrons. The summed E-state index contributed by atoms with van der Waals surface area (Å²) in [4.78, 5) is 39.7. The first-order chi connectivity index (χ1) is 16.2. The summed E-state index contributed by atoms with van der Waals surface area (Å²) in [6, 6.07) is 6.91. The van der Waals surface area contributed by atoms with E-state index in [2.05, 4.69) is 20.8 Å². The third-order valence-electron chi connectivity index (χ3n) is 5.20. The number of furan rings is 1. The van der Waals surface area contributed by atoms with E-state index in [0.29, 0.717) is 52.7 Å². The number of hydrazone groups is 1. The molecule has 1 aromatic carbocycles. The van der Waals surface area contributed by atoms with Gasteiger partial charge < -0.3 is 9.73 Å². The molecule has 12 heteroatoms. The number of amides is 2. The highest BCUT2D eigenvalue weighted by Gasteiger charge is 2.28. The van der Waals surface area contributed by atoms with Crippen LogP contribution in [0.5, 0.6) is 0 Å². The Morgan fingerprint density at radius 1 is 1.18 bits per heavy atom. The molecule has 0 bridgehead atoms. The molecule has 1 aliphatic rings. The van der Waals surface area contributed by atoms with Gasteiger partial charge in [0.1, 0.15) is 16.6 Å². The number of nitrogens with zero attached hydrogens (tertiary/aromatic N) is 3. The smallest absolute Gasteiger partial charge is 0.292 e. The fourth-order valence-corrected chi connectivity index (χ4v) is 3.89. The highest BCUT2D eigenvalue weighted by Crippen LogP contribution is 2.30. The predicted octanol–water partition coefficient (Wildman–Crippen LogP) is 4.92. The lowest BCUT2D eigenvalue weighted by molar-refractivity contribution is -0.384. The standard InChI is InChI=1S/C22H17Cl2N5O5/c1-11-19-15(27-28-21(30)12-5-7-14(24)16(9-12)29(32)33)3-2-4-17(19)34-20(11)22(31)26-18-8-6-13(23)10-25-18/h5-10H,2-4H2,1H3,(H,28,30)(H,25,26,31)/b27-15+. The molecule has 3 aromatic rings. The van der Waals surface area contributed by atoms with E-state index in [1.807, 2.05) is 0 Å². The highest BCUT2D eigenvalue weighted by atomic mass is 35.5. The molecular weight excluding hydrogens is 485 g/mol. The molecular formula is C22H17Cl2N5O5. The second-order valence-corrected chi connectivity index (χ2v) is 8.29. The van der Waals surface area contributed by atoms with Crippen molar-refractivity contribution < 1.29 is 18.9 Å². The van der Waals surface area contributed by atoms with Crippen molar-refractivity contribution in [2.45, 2.75) is 26.2 Å². The molecule has 0 aliphatic heterocycles. The van der Waals surface area contributed by atoms with E-state index in [9.17, 15) is 19.7 Å². The molecule has 10 nitrogen and oxygen atoms in total. The van der Waals surface area contributed by atoms with Crippen molar-refractivity contribution in [3.63, 3.8) is 0 Å². The van der Waals surface area contributed by atoms with Crippen LogP contribution in [0, 0.1) is 17.0 Å². The van der Waals surface area contributed by atoms with Gasteiger partial charge in [0.05, 0.1) is 15.7 Å². The molecule has 34 heavy (non-hydrogen) atoms. The minimum atomic E-state index is -0.667. The maximum atomic E-state index is 12.8. The number of hydrogen-bond donors (Lipinski definition) is 2. The van der Waals surface area contributed by atoms with E-state index in [1.165, 1.54) is 18.3 Å². The first kappa shape index (κ1) is 23.4. The van der Waals surface area contributed by atoms with E-state index in [1.54, 1.807) is 19.1 Å². The number of hydrogen-bond acceptors (Lipinski definition) is 7. The van der Waals surface area contributed by atoms with Crippen LogP contribution in [0.4, 0.5) is 11.5 Å². The van der Waals surface area contributed by atoms with Crippen molar-refractivity contribution in [3.8, 4) is 0 Å². The zero-order valence-electron chi connectivity index (χ0n) is 17.7. The molecule has 4 rings (SSSR count). The molecule has 174 valence electrons. The van der Waals surface area contributed by atoms with Crippen LogP contribution in [-0.4, -0.2) is 27.4 Å². The maximum Gasteiger partial charge on any atom is 0.292 e. The van der Waals surface area contributed by atoms with Gasteiger partial charge in [0.2, 0.25) is 0 Å². The Morgan fingerprint density at radius 3 is 2.68 bits per heavy atom.